The van der Waals surface area contributed by atoms with E-state index in [1.807, 2.05) is 4.98 Å². The van der Waals surface area contributed by atoms with Crippen LogP contribution in [0.5, 0.6) is 0 Å². The van der Waals surface area contributed by atoms with Gasteiger partial charge in [-0.15, -0.1) is 0 Å². The molecule has 5 N–H and O–H groups in total. The molecular weight excluding hydrogens is 260 g/mol. The molecule has 0 aliphatic carbocycles. The van der Waals surface area contributed by atoms with E-state index in [0.29, 0.717) is 0 Å². The molecule has 0 unspecified atom stereocenters. The summed E-state index contributed by atoms with van der Waals surface area (Å²) < 4.78 is 6.00. The van der Waals surface area contributed by atoms with Gasteiger partial charge in [-0.05, 0) is 0 Å². The van der Waals surface area contributed by atoms with Crippen LogP contribution in [-0.4, -0.2) is 54.9 Å². The molecule has 106 valence electrons. The lowest BCUT2D eigenvalue weighted by Gasteiger charge is -2.19. The van der Waals surface area contributed by atoms with Crippen molar-refractivity contribution in [3.63, 3.8) is 0 Å². The molecule has 9 heteroatoms. The van der Waals surface area contributed by atoms with Gasteiger partial charge in [0.2, 0.25) is 0 Å². The monoisotopic (exact) mass is 274 g/mol. The highest BCUT2D eigenvalue weighted by molar-refractivity contribution is 5.03. The Hall–Kier alpha value is -1.52. The maximum absolute atomic E-state index is 11.7. The second kappa shape index (κ2) is 5.23. The molecule has 1 saturated heterocycles. The van der Waals surface area contributed by atoms with E-state index in [1.54, 1.807) is 0 Å². The smallest absolute Gasteiger partial charge is 0.330 e. The number of aromatic nitrogens is 2. The Morgan fingerprint density at radius 1 is 1.26 bits per heavy atom. The van der Waals surface area contributed by atoms with Gasteiger partial charge in [0.05, 0.1) is 18.9 Å². The largest absolute Gasteiger partial charge is 0.394 e. The van der Waals surface area contributed by atoms with Gasteiger partial charge in [0, 0.05) is 6.07 Å². The Morgan fingerprint density at radius 3 is 2.47 bits per heavy atom. The third-order valence-corrected chi connectivity index (χ3v) is 2.99. The summed E-state index contributed by atoms with van der Waals surface area (Å²) in [5.74, 6) is 0. The van der Waals surface area contributed by atoms with Gasteiger partial charge in [-0.2, -0.15) is 0 Å². The lowest BCUT2D eigenvalue weighted by molar-refractivity contribution is -0.0574. The van der Waals surface area contributed by atoms with Crippen molar-refractivity contribution in [2.75, 3.05) is 6.61 Å². The fraction of sp³-hybridized carbons (Fsp3) is 0.600. The summed E-state index contributed by atoms with van der Waals surface area (Å²) in [6.45, 7) is -1.16. The van der Waals surface area contributed by atoms with Crippen LogP contribution in [0.15, 0.2) is 15.7 Å². The van der Waals surface area contributed by atoms with Crippen LogP contribution in [0.4, 0.5) is 0 Å². The van der Waals surface area contributed by atoms with Gasteiger partial charge in [0.15, 0.2) is 6.23 Å². The van der Waals surface area contributed by atoms with Crippen molar-refractivity contribution in [1.82, 2.24) is 9.55 Å². The van der Waals surface area contributed by atoms with Crippen LogP contribution >= 0.6 is 0 Å². The summed E-state index contributed by atoms with van der Waals surface area (Å²) >= 11 is 0. The number of nitrogens with zero attached hydrogens (tertiary/aromatic N) is 1. The van der Waals surface area contributed by atoms with E-state index in [-0.39, 0.29) is 5.69 Å². The third kappa shape index (κ3) is 2.33. The van der Waals surface area contributed by atoms with Crippen LogP contribution in [0.25, 0.3) is 0 Å². The molecule has 0 spiro atoms. The molecule has 19 heavy (non-hydrogen) atoms. The summed E-state index contributed by atoms with van der Waals surface area (Å²) in [6, 6.07) is 0.982. The average Bonchev–Trinajstić information content (AvgIpc) is 2.65. The van der Waals surface area contributed by atoms with Crippen LogP contribution in [0.2, 0.25) is 0 Å². The Bertz CT molecular complexity index is 566. The molecule has 1 aliphatic heterocycles. The molecule has 0 radical (unpaired) electrons. The van der Waals surface area contributed by atoms with Crippen molar-refractivity contribution in [2.45, 2.75) is 31.1 Å². The first kappa shape index (κ1) is 13.9. The van der Waals surface area contributed by atoms with E-state index >= 15 is 0 Å². The molecule has 1 aliphatic rings. The lowest BCUT2D eigenvalue weighted by Crippen LogP contribution is -2.39. The van der Waals surface area contributed by atoms with E-state index < -0.39 is 49.0 Å². The minimum atomic E-state index is -1.47. The first-order valence-electron chi connectivity index (χ1n) is 5.57. The zero-order chi connectivity index (χ0) is 14.2. The van der Waals surface area contributed by atoms with Crippen LogP contribution in [-0.2, 0) is 11.3 Å². The Morgan fingerprint density at radius 2 is 1.95 bits per heavy atom. The lowest BCUT2D eigenvalue weighted by atomic mass is 10.1. The molecule has 1 aromatic rings. The van der Waals surface area contributed by atoms with Gasteiger partial charge >= 0.3 is 5.69 Å². The SMILES string of the molecule is O=c1cc(CO)n([C@@H]2O[C@H](CO)[C@@H](O)[C@H]2O)c(=O)[nH]1. The maximum Gasteiger partial charge on any atom is 0.330 e. The summed E-state index contributed by atoms with van der Waals surface area (Å²) in [5, 5.41) is 37.5. The zero-order valence-electron chi connectivity index (χ0n) is 9.76. The Balaban J connectivity index is 2.48. The number of H-pyrrole nitrogens is 1. The fourth-order valence-corrected chi connectivity index (χ4v) is 2.05. The van der Waals surface area contributed by atoms with Gasteiger partial charge in [0.25, 0.3) is 5.56 Å². The number of nitrogens with one attached hydrogen (secondary N) is 1. The van der Waals surface area contributed by atoms with E-state index in [1.165, 1.54) is 0 Å². The first-order chi connectivity index (χ1) is 8.99. The summed E-state index contributed by atoms with van der Waals surface area (Å²) in [6.07, 6.45) is -5.18. The number of aromatic amines is 1. The summed E-state index contributed by atoms with van der Waals surface area (Å²) in [4.78, 5) is 24.8. The molecule has 0 saturated carbocycles. The second-order valence-corrected chi connectivity index (χ2v) is 4.19. The van der Waals surface area contributed by atoms with Crippen molar-refractivity contribution in [2.24, 2.45) is 0 Å². The van der Waals surface area contributed by atoms with E-state index in [0.717, 1.165) is 10.6 Å². The highest BCUT2D eigenvalue weighted by Crippen LogP contribution is 2.28. The van der Waals surface area contributed by atoms with Gasteiger partial charge in [-0.1, -0.05) is 0 Å². The van der Waals surface area contributed by atoms with Gasteiger partial charge in [-0.25, -0.2) is 4.79 Å². The van der Waals surface area contributed by atoms with Crippen LogP contribution in [0, 0.1) is 0 Å². The molecule has 0 bridgehead atoms. The normalized spacial score (nSPS) is 30.7. The van der Waals surface area contributed by atoms with Crippen molar-refractivity contribution >= 4 is 0 Å². The number of ether oxygens (including phenoxy) is 1. The molecule has 2 rings (SSSR count). The van der Waals surface area contributed by atoms with Crippen molar-refractivity contribution in [3.05, 3.63) is 32.6 Å². The second-order valence-electron chi connectivity index (χ2n) is 4.19. The Labute approximate surface area is 106 Å². The van der Waals surface area contributed by atoms with E-state index in [4.69, 9.17) is 14.9 Å². The molecular formula is C10H14N2O7. The molecule has 1 aromatic heterocycles. The van der Waals surface area contributed by atoms with Gasteiger partial charge < -0.3 is 25.2 Å². The number of hydrogen-bond donors (Lipinski definition) is 5. The quantitative estimate of drug-likeness (QED) is 0.387. The van der Waals surface area contributed by atoms with Crippen molar-refractivity contribution in [3.8, 4) is 0 Å². The summed E-state index contributed by atoms with van der Waals surface area (Å²) in [7, 11) is 0. The molecule has 0 aromatic carbocycles. The number of rotatable bonds is 3. The Kier molecular flexibility index (Phi) is 3.83. The topological polar surface area (TPSA) is 145 Å². The van der Waals surface area contributed by atoms with Gasteiger partial charge in [-0.3, -0.25) is 14.3 Å². The van der Waals surface area contributed by atoms with Gasteiger partial charge in [0.1, 0.15) is 18.3 Å². The third-order valence-electron chi connectivity index (χ3n) is 2.99. The highest BCUT2D eigenvalue weighted by atomic mass is 16.6. The van der Waals surface area contributed by atoms with Crippen LogP contribution < -0.4 is 11.2 Å². The zero-order valence-corrected chi connectivity index (χ0v) is 9.76. The number of aliphatic hydroxyl groups is 4. The highest BCUT2D eigenvalue weighted by Gasteiger charge is 2.44. The molecule has 0 amide bonds. The predicted octanol–water partition coefficient (Wildman–Crippen LogP) is -3.36. The molecule has 2 heterocycles. The average molecular weight is 274 g/mol. The summed E-state index contributed by atoms with van der Waals surface area (Å²) in [5.41, 5.74) is -1.65. The standard InChI is InChI=1S/C10H14N2O7/c13-2-4-1-6(15)11-10(18)12(4)9-8(17)7(16)5(3-14)19-9/h1,5,7-9,13-14,16-17H,2-3H2,(H,11,15,18)/t5-,7-,8-,9-/m1/s1. The minimum absolute atomic E-state index is 0.0661. The molecule has 1 fully saturated rings. The van der Waals surface area contributed by atoms with E-state index in [2.05, 4.69) is 0 Å². The minimum Gasteiger partial charge on any atom is -0.394 e. The maximum atomic E-state index is 11.7. The predicted molar refractivity (Wildman–Crippen MR) is 60.3 cm³/mol. The van der Waals surface area contributed by atoms with Crippen LogP contribution in [0.1, 0.15) is 11.9 Å². The molecule has 4 atom stereocenters. The number of aliphatic hydroxyl groups excluding tert-OH is 4. The molecule has 9 nitrogen and oxygen atoms in total. The van der Waals surface area contributed by atoms with Crippen molar-refractivity contribution < 1.29 is 25.2 Å². The van der Waals surface area contributed by atoms with E-state index in [9.17, 15) is 19.8 Å². The van der Waals surface area contributed by atoms with Crippen molar-refractivity contribution in [1.29, 1.82) is 0 Å². The first-order valence-corrected chi connectivity index (χ1v) is 5.57. The number of hydrogen-bond acceptors (Lipinski definition) is 7. The fourth-order valence-electron chi connectivity index (χ4n) is 2.05. The van der Waals surface area contributed by atoms with Crippen LogP contribution in [0.3, 0.4) is 0 Å².